The second-order valence-corrected chi connectivity index (χ2v) is 5.07. The number of nitrogens with zero attached hydrogens (tertiary/aromatic N) is 2. The Morgan fingerprint density at radius 1 is 1.40 bits per heavy atom. The van der Waals surface area contributed by atoms with Crippen LogP contribution in [0, 0.1) is 12.7 Å². The normalized spacial score (nSPS) is 10.6. The molecular weight excluding hydrogens is 325 g/mol. The molecule has 1 aromatic heterocycles. The molecule has 0 bridgehead atoms. The van der Waals surface area contributed by atoms with Crippen LogP contribution < -0.4 is 10.1 Å². The number of aromatic nitrogens is 2. The summed E-state index contributed by atoms with van der Waals surface area (Å²) >= 11 is 3.24. The van der Waals surface area contributed by atoms with Crippen molar-refractivity contribution >= 4 is 15.9 Å². The van der Waals surface area contributed by atoms with Crippen molar-refractivity contribution in [2.24, 2.45) is 0 Å². The lowest BCUT2D eigenvalue weighted by atomic mass is 10.2. The zero-order valence-corrected chi connectivity index (χ0v) is 12.9. The lowest BCUT2D eigenvalue weighted by Gasteiger charge is -2.09. The van der Waals surface area contributed by atoms with E-state index in [2.05, 4.69) is 31.2 Å². The van der Waals surface area contributed by atoms with Gasteiger partial charge in [0, 0.05) is 24.0 Å². The predicted molar refractivity (Wildman–Crippen MR) is 78.3 cm³/mol. The molecule has 0 atom stereocenters. The summed E-state index contributed by atoms with van der Waals surface area (Å²) in [5.41, 5.74) is 1.88. The summed E-state index contributed by atoms with van der Waals surface area (Å²) in [6, 6.07) is 4.44. The van der Waals surface area contributed by atoms with Gasteiger partial charge >= 0.3 is 6.01 Å². The molecule has 1 aromatic carbocycles. The number of aryl methyl sites for hydroxylation is 1. The number of rotatable bonds is 5. The van der Waals surface area contributed by atoms with Crippen LogP contribution in [0.1, 0.15) is 18.2 Å². The Bertz CT molecular complexity index is 607. The van der Waals surface area contributed by atoms with Crippen molar-refractivity contribution in [2.75, 3.05) is 6.54 Å². The number of hydrogen-bond donors (Lipinski definition) is 1. The molecular formula is C14H15BrFN3O. The summed E-state index contributed by atoms with van der Waals surface area (Å²) in [7, 11) is 0. The van der Waals surface area contributed by atoms with Crippen molar-refractivity contribution < 1.29 is 9.13 Å². The molecule has 0 saturated heterocycles. The summed E-state index contributed by atoms with van der Waals surface area (Å²) in [4.78, 5) is 8.46. The third-order valence-electron chi connectivity index (χ3n) is 2.72. The van der Waals surface area contributed by atoms with Crippen molar-refractivity contribution in [1.29, 1.82) is 0 Å². The molecule has 0 unspecified atom stereocenters. The second kappa shape index (κ2) is 6.76. The Morgan fingerprint density at radius 3 is 2.85 bits per heavy atom. The second-order valence-electron chi connectivity index (χ2n) is 4.22. The Hall–Kier alpha value is -1.53. The van der Waals surface area contributed by atoms with Crippen LogP contribution in [0.5, 0.6) is 11.8 Å². The van der Waals surface area contributed by atoms with Gasteiger partial charge in [-0.05, 0) is 47.6 Å². The molecule has 106 valence electrons. The standard InChI is InChI=1S/C14H15BrFN3O/c1-3-17-7-10-8-18-14(19-9(10)2)20-13-5-4-11(16)6-12(13)15/h4-6,8,17H,3,7H2,1-2H3. The fourth-order valence-corrected chi connectivity index (χ4v) is 2.04. The smallest absolute Gasteiger partial charge is 0.322 e. The van der Waals surface area contributed by atoms with E-state index in [1.807, 2.05) is 13.8 Å². The summed E-state index contributed by atoms with van der Waals surface area (Å²) in [5, 5.41) is 3.22. The molecule has 0 spiro atoms. The van der Waals surface area contributed by atoms with Crippen LogP contribution in [-0.4, -0.2) is 16.5 Å². The number of nitrogens with one attached hydrogen (secondary N) is 1. The molecule has 0 amide bonds. The van der Waals surface area contributed by atoms with Gasteiger partial charge < -0.3 is 10.1 Å². The van der Waals surface area contributed by atoms with Crippen molar-refractivity contribution in [2.45, 2.75) is 20.4 Å². The van der Waals surface area contributed by atoms with E-state index in [0.29, 0.717) is 10.2 Å². The Kier molecular flexibility index (Phi) is 5.03. The van der Waals surface area contributed by atoms with Crippen molar-refractivity contribution in [1.82, 2.24) is 15.3 Å². The first kappa shape index (κ1) is 14.9. The van der Waals surface area contributed by atoms with Crippen LogP contribution >= 0.6 is 15.9 Å². The molecule has 0 aliphatic heterocycles. The van der Waals surface area contributed by atoms with Crippen LogP contribution in [-0.2, 0) is 6.54 Å². The van der Waals surface area contributed by atoms with Gasteiger partial charge in [0.15, 0.2) is 0 Å². The highest BCUT2D eigenvalue weighted by Crippen LogP contribution is 2.28. The molecule has 0 fully saturated rings. The van der Waals surface area contributed by atoms with E-state index >= 15 is 0 Å². The van der Waals surface area contributed by atoms with Gasteiger partial charge in [0.1, 0.15) is 11.6 Å². The van der Waals surface area contributed by atoms with E-state index in [0.717, 1.165) is 24.3 Å². The van der Waals surface area contributed by atoms with Crippen molar-refractivity contribution in [3.63, 3.8) is 0 Å². The molecule has 2 aromatic rings. The molecule has 20 heavy (non-hydrogen) atoms. The SMILES string of the molecule is CCNCc1cnc(Oc2ccc(F)cc2Br)nc1C. The highest BCUT2D eigenvalue weighted by Gasteiger charge is 2.08. The van der Waals surface area contributed by atoms with Crippen molar-refractivity contribution in [3.8, 4) is 11.8 Å². The molecule has 0 radical (unpaired) electrons. The Labute approximate surface area is 125 Å². The monoisotopic (exact) mass is 339 g/mol. The topological polar surface area (TPSA) is 47.0 Å². The summed E-state index contributed by atoms with van der Waals surface area (Å²) in [5.74, 6) is 0.146. The van der Waals surface area contributed by atoms with Crippen LogP contribution in [0.2, 0.25) is 0 Å². The number of benzene rings is 1. The maximum atomic E-state index is 13.0. The van der Waals surface area contributed by atoms with E-state index in [1.165, 1.54) is 18.2 Å². The third kappa shape index (κ3) is 3.74. The molecule has 0 saturated carbocycles. The minimum absolute atomic E-state index is 0.245. The van der Waals surface area contributed by atoms with E-state index in [1.54, 1.807) is 6.20 Å². The molecule has 2 rings (SSSR count). The Morgan fingerprint density at radius 2 is 2.20 bits per heavy atom. The molecule has 1 heterocycles. The van der Waals surface area contributed by atoms with Gasteiger partial charge in [0.25, 0.3) is 0 Å². The van der Waals surface area contributed by atoms with Gasteiger partial charge in [-0.25, -0.2) is 9.37 Å². The van der Waals surface area contributed by atoms with Gasteiger partial charge in [-0.15, -0.1) is 0 Å². The molecule has 4 nitrogen and oxygen atoms in total. The quantitative estimate of drug-likeness (QED) is 0.904. The highest BCUT2D eigenvalue weighted by molar-refractivity contribution is 9.10. The summed E-state index contributed by atoms with van der Waals surface area (Å²) < 4.78 is 19.1. The fourth-order valence-electron chi connectivity index (χ4n) is 1.61. The van der Waals surface area contributed by atoms with E-state index in [9.17, 15) is 4.39 Å². The number of hydrogen-bond acceptors (Lipinski definition) is 4. The molecule has 6 heteroatoms. The Balaban J connectivity index is 2.15. The fraction of sp³-hybridized carbons (Fsp3) is 0.286. The van der Waals surface area contributed by atoms with Crippen LogP contribution in [0.4, 0.5) is 4.39 Å². The van der Waals surface area contributed by atoms with Gasteiger partial charge in [0.05, 0.1) is 4.47 Å². The summed E-state index contributed by atoms with van der Waals surface area (Å²) in [6.07, 6.45) is 1.73. The maximum absolute atomic E-state index is 13.0. The molecule has 0 aliphatic carbocycles. The van der Waals surface area contributed by atoms with Gasteiger partial charge in [0.2, 0.25) is 0 Å². The van der Waals surface area contributed by atoms with Crippen LogP contribution in [0.3, 0.4) is 0 Å². The predicted octanol–water partition coefficient (Wildman–Crippen LogP) is 3.59. The maximum Gasteiger partial charge on any atom is 0.322 e. The minimum atomic E-state index is -0.331. The largest absolute Gasteiger partial charge is 0.423 e. The lowest BCUT2D eigenvalue weighted by Crippen LogP contribution is -2.13. The van der Waals surface area contributed by atoms with Crippen LogP contribution in [0.25, 0.3) is 0 Å². The average Bonchev–Trinajstić information content (AvgIpc) is 2.41. The zero-order valence-electron chi connectivity index (χ0n) is 11.3. The van der Waals surface area contributed by atoms with E-state index < -0.39 is 0 Å². The average molecular weight is 340 g/mol. The number of halogens is 2. The molecule has 0 aliphatic rings. The lowest BCUT2D eigenvalue weighted by molar-refractivity contribution is 0.435. The summed E-state index contributed by atoms with van der Waals surface area (Å²) in [6.45, 7) is 5.56. The van der Waals surface area contributed by atoms with Gasteiger partial charge in [-0.1, -0.05) is 6.92 Å². The van der Waals surface area contributed by atoms with Gasteiger partial charge in [-0.2, -0.15) is 4.98 Å². The zero-order chi connectivity index (χ0) is 14.5. The first-order chi connectivity index (χ1) is 9.60. The van der Waals surface area contributed by atoms with E-state index in [-0.39, 0.29) is 11.8 Å². The number of ether oxygens (including phenoxy) is 1. The van der Waals surface area contributed by atoms with E-state index in [4.69, 9.17) is 4.74 Å². The highest BCUT2D eigenvalue weighted by atomic mass is 79.9. The van der Waals surface area contributed by atoms with Crippen LogP contribution in [0.15, 0.2) is 28.9 Å². The first-order valence-electron chi connectivity index (χ1n) is 6.26. The first-order valence-corrected chi connectivity index (χ1v) is 7.05. The minimum Gasteiger partial charge on any atom is -0.423 e. The van der Waals surface area contributed by atoms with Crippen molar-refractivity contribution in [3.05, 3.63) is 45.9 Å². The molecule has 1 N–H and O–H groups in total. The third-order valence-corrected chi connectivity index (χ3v) is 3.34. The van der Waals surface area contributed by atoms with Gasteiger partial charge in [-0.3, -0.25) is 0 Å².